The van der Waals surface area contributed by atoms with E-state index in [1.807, 2.05) is 0 Å². The fourth-order valence-electron chi connectivity index (χ4n) is 2.31. The largest absolute Gasteiger partial charge is 0.488 e. The van der Waals surface area contributed by atoms with E-state index >= 15 is 0 Å². The number of thiazole rings is 1. The predicted octanol–water partition coefficient (Wildman–Crippen LogP) is 5.09. The summed E-state index contributed by atoms with van der Waals surface area (Å²) in [7, 11) is 0. The van der Waals surface area contributed by atoms with Crippen molar-refractivity contribution in [1.29, 1.82) is 0 Å². The van der Waals surface area contributed by atoms with Gasteiger partial charge in [-0.15, -0.1) is 11.3 Å². The standard InChI is InChI=1S/C18H11ClF3NO3S/c19-9-1-4-15(26-7-12-13(20)2-3-14(21)17(12)22)11(5-9)18-23-10(8-27-18)6-16(24)25/h1-5,8H,6-7H2,(H,24,25). The average Bonchev–Trinajstić information content (AvgIpc) is 3.07. The molecule has 0 fully saturated rings. The Labute approximate surface area is 160 Å². The molecule has 0 spiro atoms. The second-order valence-electron chi connectivity index (χ2n) is 5.47. The predicted molar refractivity (Wildman–Crippen MR) is 94.5 cm³/mol. The van der Waals surface area contributed by atoms with Crippen molar-refractivity contribution in [2.24, 2.45) is 0 Å². The molecule has 0 atom stereocenters. The van der Waals surface area contributed by atoms with E-state index < -0.39 is 35.6 Å². The van der Waals surface area contributed by atoms with Gasteiger partial charge in [0.15, 0.2) is 11.6 Å². The highest BCUT2D eigenvalue weighted by atomic mass is 35.5. The summed E-state index contributed by atoms with van der Waals surface area (Å²) < 4.78 is 46.4. The van der Waals surface area contributed by atoms with E-state index in [2.05, 4.69) is 4.98 Å². The van der Waals surface area contributed by atoms with Crippen molar-refractivity contribution in [3.63, 3.8) is 0 Å². The molecule has 0 bridgehead atoms. The molecule has 27 heavy (non-hydrogen) atoms. The number of aliphatic carboxylic acids is 1. The molecule has 0 unspecified atom stereocenters. The summed E-state index contributed by atoms with van der Waals surface area (Å²) in [6.45, 7) is -0.544. The second kappa shape index (κ2) is 7.98. The zero-order chi connectivity index (χ0) is 19.6. The van der Waals surface area contributed by atoms with Crippen molar-refractivity contribution in [3.05, 3.63) is 69.4 Å². The first-order valence-corrected chi connectivity index (χ1v) is 8.82. The van der Waals surface area contributed by atoms with Crippen molar-refractivity contribution < 1.29 is 27.8 Å². The van der Waals surface area contributed by atoms with Crippen molar-refractivity contribution in [1.82, 2.24) is 4.98 Å². The van der Waals surface area contributed by atoms with Crippen molar-refractivity contribution in [2.45, 2.75) is 13.0 Å². The van der Waals surface area contributed by atoms with Gasteiger partial charge in [0, 0.05) is 10.4 Å². The molecule has 1 aromatic heterocycles. The van der Waals surface area contributed by atoms with Crippen LogP contribution in [0.2, 0.25) is 5.02 Å². The fraction of sp³-hybridized carbons (Fsp3) is 0.111. The minimum Gasteiger partial charge on any atom is -0.488 e. The van der Waals surface area contributed by atoms with E-state index in [0.717, 1.165) is 6.07 Å². The summed E-state index contributed by atoms with van der Waals surface area (Å²) in [4.78, 5) is 15.0. The molecule has 2 aromatic carbocycles. The third kappa shape index (κ3) is 4.40. The van der Waals surface area contributed by atoms with Crippen molar-refractivity contribution >= 4 is 28.9 Å². The molecule has 0 saturated heterocycles. The molecule has 9 heteroatoms. The molecule has 0 aliphatic heterocycles. The van der Waals surface area contributed by atoms with Gasteiger partial charge in [0.05, 0.1) is 23.2 Å². The minimum atomic E-state index is -1.32. The molecule has 1 heterocycles. The second-order valence-corrected chi connectivity index (χ2v) is 6.76. The first kappa shape index (κ1) is 19.2. The third-order valence-corrected chi connectivity index (χ3v) is 4.73. The Morgan fingerprint density at radius 2 is 1.93 bits per heavy atom. The summed E-state index contributed by atoms with van der Waals surface area (Å²) in [6, 6.07) is 6.06. The summed E-state index contributed by atoms with van der Waals surface area (Å²) in [5.41, 5.74) is 0.249. The molecule has 0 aliphatic rings. The number of aromatic nitrogens is 1. The Hall–Kier alpha value is -2.58. The van der Waals surface area contributed by atoms with Gasteiger partial charge in [-0.1, -0.05) is 11.6 Å². The van der Waals surface area contributed by atoms with Crippen LogP contribution in [0.1, 0.15) is 11.3 Å². The van der Waals surface area contributed by atoms with Crippen molar-refractivity contribution in [3.8, 4) is 16.3 Å². The van der Waals surface area contributed by atoms with E-state index in [4.69, 9.17) is 21.4 Å². The van der Waals surface area contributed by atoms with E-state index in [-0.39, 0.29) is 12.2 Å². The average molecular weight is 414 g/mol. The molecule has 3 rings (SSSR count). The highest BCUT2D eigenvalue weighted by molar-refractivity contribution is 7.13. The molecule has 1 N–H and O–H groups in total. The van der Waals surface area contributed by atoms with Crippen molar-refractivity contribution in [2.75, 3.05) is 0 Å². The lowest BCUT2D eigenvalue weighted by Crippen LogP contribution is -2.04. The maximum absolute atomic E-state index is 13.8. The van der Waals surface area contributed by atoms with E-state index in [1.54, 1.807) is 11.4 Å². The van der Waals surface area contributed by atoms with Crippen LogP contribution >= 0.6 is 22.9 Å². The van der Waals surface area contributed by atoms with Gasteiger partial charge < -0.3 is 9.84 Å². The summed E-state index contributed by atoms with van der Waals surface area (Å²) in [6.07, 6.45) is -0.243. The maximum atomic E-state index is 13.8. The summed E-state index contributed by atoms with van der Waals surface area (Å²) in [5, 5.41) is 11.2. The Balaban J connectivity index is 1.90. The molecule has 0 radical (unpaired) electrons. The number of hydrogen-bond donors (Lipinski definition) is 1. The first-order valence-electron chi connectivity index (χ1n) is 7.56. The lowest BCUT2D eigenvalue weighted by atomic mass is 10.2. The van der Waals surface area contributed by atoms with Gasteiger partial charge in [0.2, 0.25) is 0 Å². The van der Waals surface area contributed by atoms with Gasteiger partial charge in [0.1, 0.15) is 23.2 Å². The molecular formula is C18H11ClF3NO3S. The van der Waals surface area contributed by atoms with Gasteiger partial charge >= 0.3 is 5.97 Å². The molecular weight excluding hydrogens is 403 g/mol. The number of carboxylic acids is 1. The topological polar surface area (TPSA) is 59.4 Å². The number of hydrogen-bond acceptors (Lipinski definition) is 4. The van der Waals surface area contributed by atoms with Gasteiger partial charge in [-0.05, 0) is 30.3 Å². The van der Waals surface area contributed by atoms with Crippen LogP contribution in [0.3, 0.4) is 0 Å². The van der Waals surface area contributed by atoms with E-state index in [0.29, 0.717) is 27.4 Å². The number of benzene rings is 2. The normalized spacial score (nSPS) is 10.8. The number of carboxylic acid groups (broad SMARTS) is 1. The molecule has 0 amide bonds. The van der Waals surface area contributed by atoms with Crippen LogP contribution < -0.4 is 4.74 Å². The Kier molecular flexibility index (Phi) is 5.67. The minimum absolute atomic E-state index is 0.221. The van der Waals surface area contributed by atoms with Gasteiger partial charge in [-0.25, -0.2) is 18.2 Å². The Morgan fingerprint density at radius 3 is 2.67 bits per heavy atom. The first-order chi connectivity index (χ1) is 12.8. The number of carbonyl (C=O) groups is 1. The van der Waals surface area contributed by atoms with Crippen LogP contribution in [0.25, 0.3) is 10.6 Å². The number of halogens is 4. The maximum Gasteiger partial charge on any atom is 0.309 e. The molecule has 0 saturated carbocycles. The Morgan fingerprint density at radius 1 is 1.19 bits per heavy atom. The van der Waals surface area contributed by atoms with Gasteiger partial charge in [-0.3, -0.25) is 4.79 Å². The van der Waals surface area contributed by atoms with Crippen LogP contribution in [0.4, 0.5) is 13.2 Å². The third-order valence-electron chi connectivity index (χ3n) is 3.57. The van der Waals surface area contributed by atoms with Gasteiger partial charge in [-0.2, -0.15) is 0 Å². The monoisotopic (exact) mass is 413 g/mol. The van der Waals surface area contributed by atoms with Gasteiger partial charge in [0.25, 0.3) is 0 Å². The lowest BCUT2D eigenvalue weighted by molar-refractivity contribution is -0.136. The lowest BCUT2D eigenvalue weighted by Gasteiger charge is -2.12. The molecule has 140 valence electrons. The summed E-state index contributed by atoms with van der Waals surface area (Å²) >= 11 is 7.18. The molecule has 3 aromatic rings. The van der Waals surface area contributed by atoms with Crippen LogP contribution in [0, 0.1) is 17.5 Å². The Bertz CT molecular complexity index is 1010. The number of ether oxygens (including phenoxy) is 1. The van der Waals surface area contributed by atoms with Crippen LogP contribution in [-0.4, -0.2) is 16.1 Å². The van der Waals surface area contributed by atoms with E-state index in [9.17, 15) is 18.0 Å². The van der Waals surface area contributed by atoms with Crippen LogP contribution in [0.5, 0.6) is 5.75 Å². The summed E-state index contributed by atoms with van der Waals surface area (Å²) in [5.74, 6) is -4.22. The van der Waals surface area contributed by atoms with Crippen LogP contribution in [-0.2, 0) is 17.8 Å². The van der Waals surface area contributed by atoms with E-state index in [1.165, 1.54) is 23.5 Å². The quantitative estimate of drug-likeness (QED) is 0.572. The highest BCUT2D eigenvalue weighted by Gasteiger charge is 2.17. The van der Waals surface area contributed by atoms with Crippen LogP contribution in [0.15, 0.2) is 35.7 Å². The number of rotatable bonds is 6. The number of nitrogens with zero attached hydrogens (tertiary/aromatic N) is 1. The molecule has 4 nitrogen and oxygen atoms in total. The zero-order valence-corrected chi connectivity index (χ0v) is 15.1. The SMILES string of the molecule is O=C(O)Cc1csc(-c2cc(Cl)ccc2OCc2c(F)ccc(F)c2F)n1. The zero-order valence-electron chi connectivity index (χ0n) is 13.5. The fourth-order valence-corrected chi connectivity index (χ4v) is 3.33. The highest BCUT2D eigenvalue weighted by Crippen LogP contribution is 2.35. The smallest absolute Gasteiger partial charge is 0.309 e. The molecule has 0 aliphatic carbocycles.